The first-order chi connectivity index (χ1) is 13.6. The van der Waals surface area contributed by atoms with E-state index in [0.717, 1.165) is 38.9 Å². The third-order valence-electron chi connectivity index (χ3n) is 5.53. The zero-order valence-corrected chi connectivity index (χ0v) is 18.1. The lowest BCUT2D eigenvalue weighted by Gasteiger charge is -2.24. The van der Waals surface area contributed by atoms with Crippen LogP contribution in [0.25, 0.3) is 0 Å². The number of nitrogens with zero attached hydrogens (tertiary/aromatic N) is 1. The van der Waals surface area contributed by atoms with Gasteiger partial charge in [0.05, 0.1) is 6.04 Å². The molecular formula is C24H32N2OSi. The van der Waals surface area contributed by atoms with Gasteiger partial charge in [-0.25, -0.2) is 0 Å². The summed E-state index contributed by atoms with van der Waals surface area (Å²) in [7, 11) is -1.59. The van der Waals surface area contributed by atoms with Crippen LogP contribution in [0.3, 0.4) is 0 Å². The van der Waals surface area contributed by atoms with Gasteiger partial charge < -0.3 is 10.2 Å². The number of carbonyl (C=O) groups excluding carboxylic acids is 1. The summed E-state index contributed by atoms with van der Waals surface area (Å²) >= 11 is 0. The minimum absolute atomic E-state index is 0.161. The highest BCUT2D eigenvalue weighted by atomic mass is 28.3. The number of carbonyl (C=O) groups is 1. The van der Waals surface area contributed by atoms with Crippen LogP contribution in [0.1, 0.15) is 18.4 Å². The Morgan fingerprint density at radius 1 is 1.04 bits per heavy atom. The van der Waals surface area contributed by atoms with Crippen molar-refractivity contribution >= 4 is 19.2 Å². The molecule has 2 aromatic rings. The van der Waals surface area contributed by atoms with Crippen LogP contribution in [0.15, 0.2) is 72.4 Å². The van der Waals surface area contributed by atoms with E-state index in [1.807, 2.05) is 23.1 Å². The Bertz CT molecular complexity index is 768. The molecule has 2 aromatic carbocycles. The van der Waals surface area contributed by atoms with E-state index in [9.17, 15) is 4.79 Å². The van der Waals surface area contributed by atoms with Crippen molar-refractivity contribution in [2.75, 3.05) is 19.6 Å². The lowest BCUT2D eigenvalue weighted by Crippen LogP contribution is -2.47. The Morgan fingerprint density at radius 2 is 1.64 bits per heavy atom. The van der Waals surface area contributed by atoms with Crippen molar-refractivity contribution in [1.29, 1.82) is 0 Å². The predicted molar refractivity (Wildman–Crippen MR) is 120 cm³/mol. The molecule has 1 saturated heterocycles. The lowest BCUT2D eigenvalue weighted by atomic mass is 10.0. The molecule has 3 rings (SSSR count). The molecule has 1 unspecified atom stereocenters. The third-order valence-corrected chi connectivity index (χ3v) is 8.42. The minimum Gasteiger partial charge on any atom is -0.341 e. The average Bonchev–Trinajstić information content (AvgIpc) is 3.26. The van der Waals surface area contributed by atoms with Crippen molar-refractivity contribution in [3.05, 3.63) is 78.0 Å². The number of nitrogens with one attached hydrogen (secondary N) is 1. The largest absolute Gasteiger partial charge is 0.341 e. The number of benzene rings is 2. The molecule has 1 heterocycles. The molecule has 4 heteroatoms. The summed E-state index contributed by atoms with van der Waals surface area (Å²) in [6, 6.07) is 20.9. The molecule has 1 atom stereocenters. The molecular weight excluding hydrogens is 360 g/mol. The summed E-state index contributed by atoms with van der Waals surface area (Å²) in [5.41, 5.74) is 3.57. The number of hydrogen-bond acceptors (Lipinski definition) is 2. The van der Waals surface area contributed by atoms with E-state index in [1.165, 1.54) is 10.8 Å². The second-order valence-corrected chi connectivity index (χ2v) is 12.5. The van der Waals surface area contributed by atoms with Crippen molar-refractivity contribution in [2.24, 2.45) is 0 Å². The predicted octanol–water partition coefficient (Wildman–Crippen LogP) is 3.52. The van der Waals surface area contributed by atoms with Crippen molar-refractivity contribution in [2.45, 2.75) is 38.4 Å². The van der Waals surface area contributed by atoms with Crippen LogP contribution in [0.5, 0.6) is 0 Å². The van der Waals surface area contributed by atoms with Crippen LogP contribution in [-0.4, -0.2) is 44.6 Å². The summed E-state index contributed by atoms with van der Waals surface area (Å²) in [5.74, 6) is 0.245. The zero-order chi connectivity index (χ0) is 19.8. The van der Waals surface area contributed by atoms with Crippen LogP contribution >= 0.6 is 0 Å². The highest BCUT2D eigenvalue weighted by Gasteiger charge is 2.26. The van der Waals surface area contributed by atoms with Crippen LogP contribution in [0.2, 0.25) is 13.1 Å². The van der Waals surface area contributed by atoms with E-state index in [1.54, 1.807) is 0 Å². The van der Waals surface area contributed by atoms with Crippen LogP contribution in [0.4, 0.5) is 0 Å². The Hall–Kier alpha value is -2.17. The standard InChI is InChI=1S/C24H32N2OSi/c1-28(2,22-14-7-4-8-15-22)19-11-16-25-23(20-21-12-5-3-6-13-21)24(27)26-17-9-10-18-26/h3-8,11-15,19,23,25H,9-10,16-18,20H2,1-2H3/b19-11-. The molecule has 0 saturated carbocycles. The maximum absolute atomic E-state index is 13.0. The fourth-order valence-corrected chi connectivity index (χ4v) is 5.73. The molecule has 0 spiro atoms. The Balaban J connectivity index is 1.63. The Labute approximate surface area is 170 Å². The van der Waals surface area contributed by atoms with Gasteiger partial charge in [-0.05, 0) is 24.8 Å². The molecule has 0 aliphatic carbocycles. The Morgan fingerprint density at radius 3 is 2.29 bits per heavy atom. The first-order valence-electron chi connectivity index (χ1n) is 10.4. The maximum Gasteiger partial charge on any atom is 0.240 e. The number of rotatable bonds is 8. The van der Waals surface area contributed by atoms with Gasteiger partial charge in [-0.3, -0.25) is 4.79 Å². The van der Waals surface area contributed by atoms with Gasteiger partial charge in [-0.15, -0.1) is 0 Å². The van der Waals surface area contributed by atoms with Gasteiger partial charge in [0.2, 0.25) is 5.91 Å². The molecule has 28 heavy (non-hydrogen) atoms. The minimum atomic E-state index is -1.59. The van der Waals surface area contributed by atoms with Crippen LogP contribution in [-0.2, 0) is 11.2 Å². The summed E-state index contributed by atoms with van der Waals surface area (Å²) in [6.45, 7) is 7.23. The molecule has 1 aliphatic rings. The Kier molecular flexibility index (Phi) is 7.23. The second-order valence-electron chi connectivity index (χ2n) is 8.17. The smallest absolute Gasteiger partial charge is 0.240 e. The summed E-state index contributed by atoms with van der Waals surface area (Å²) < 4.78 is 0. The molecule has 148 valence electrons. The fourth-order valence-electron chi connectivity index (χ4n) is 3.78. The van der Waals surface area contributed by atoms with Crippen molar-refractivity contribution < 1.29 is 4.79 Å². The van der Waals surface area contributed by atoms with Crippen molar-refractivity contribution in [1.82, 2.24) is 10.2 Å². The normalized spacial score (nSPS) is 15.9. The summed E-state index contributed by atoms with van der Waals surface area (Å²) in [4.78, 5) is 15.0. The molecule has 1 N–H and O–H groups in total. The first kappa shape index (κ1) is 20.6. The SMILES string of the molecule is C[Si](C)(/C=C\CNC(Cc1ccccc1)C(=O)N1CCCC1)c1ccccc1. The van der Waals surface area contributed by atoms with Gasteiger partial charge in [0, 0.05) is 19.6 Å². The van der Waals surface area contributed by atoms with Crippen molar-refractivity contribution in [3.63, 3.8) is 0 Å². The van der Waals surface area contributed by atoms with Gasteiger partial charge in [0.15, 0.2) is 0 Å². The molecule has 0 radical (unpaired) electrons. The van der Waals surface area contributed by atoms with E-state index in [2.05, 4.69) is 72.7 Å². The molecule has 0 bridgehead atoms. The van der Waals surface area contributed by atoms with E-state index in [0.29, 0.717) is 0 Å². The molecule has 1 amide bonds. The number of amides is 1. The van der Waals surface area contributed by atoms with Gasteiger partial charge in [0.1, 0.15) is 8.07 Å². The number of likely N-dealkylation sites (tertiary alicyclic amines) is 1. The maximum atomic E-state index is 13.0. The molecule has 3 nitrogen and oxygen atoms in total. The van der Waals surface area contributed by atoms with E-state index >= 15 is 0 Å². The van der Waals surface area contributed by atoms with E-state index in [-0.39, 0.29) is 11.9 Å². The molecule has 0 aromatic heterocycles. The van der Waals surface area contributed by atoms with E-state index in [4.69, 9.17) is 0 Å². The highest BCUT2D eigenvalue weighted by Crippen LogP contribution is 2.12. The number of hydrogen-bond donors (Lipinski definition) is 1. The first-order valence-corrected chi connectivity index (χ1v) is 13.4. The zero-order valence-electron chi connectivity index (χ0n) is 17.1. The topological polar surface area (TPSA) is 32.3 Å². The lowest BCUT2D eigenvalue weighted by molar-refractivity contribution is -0.132. The van der Waals surface area contributed by atoms with Gasteiger partial charge >= 0.3 is 0 Å². The van der Waals surface area contributed by atoms with Crippen LogP contribution in [0, 0.1) is 0 Å². The van der Waals surface area contributed by atoms with Crippen molar-refractivity contribution in [3.8, 4) is 0 Å². The molecule has 1 aliphatic heterocycles. The average molecular weight is 393 g/mol. The fraction of sp³-hybridized carbons (Fsp3) is 0.375. The highest BCUT2D eigenvalue weighted by molar-refractivity contribution is 6.93. The van der Waals surface area contributed by atoms with Gasteiger partial charge in [-0.2, -0.15) is 0 Å². The van der Waals surface area contributed by atoms with Gasteiger partial charge in [-0.1, -0.05) is 90.7 Å². The summed E-state index contributed by atoms with van der Waals surface area (Å²) in [6.07, 6.45) is 5.21. The van der Waals surface area contributed by atoms with Crippen LogP contribution < -0.4 is 10.5 Å². The second kappa shape index (κ2) is 9.85. The quantitative estimate of drug-likeness (QED) is 0.697. The third kappa shape index (κ3) is 5.66. The van der Waals surface area contributed by atoms with Gasteiger partial charge in [0.25, 0.3) is 0 Å². The molecule has 1 fully saturated rings. The van der Waals surface area contributed by atoms with E-state index < -0.39 is 8.07 Å². The monoisotopic (exact) mass is 392 g/mol. The summed E-state index contributed by atoms with van der Waals surface area (Å²) in [5, 5.41) is 4.94.